The Balaban J connectivity index is 2.50. The van der Waals surface area contributed by atoms with E-state index in [2.05, 4.69) is 43.4 Å². The molecule has 0 aromatic heterocycles. The van der Waals surface area contributed by atoms with Crippen molar-refractivity contribution in [3.63, 3.8) is 0 Å². The summed E-state index contributed by atoms with van der Waals surface area (Å²) < 4.78 is 0. The molecule has 94 valence electrons. The van der Waals surface area contributed by atoms with E-state index in [1.807, 2.05) is 6.92 Å². The van der Waals surface area contributed by atoms with Crippen LogP contribution in [0.1, 0.15) is 37.8 Å². The predicted molar refractivity (Wildman–Crippen MR) is 72.3 cm³/mol. The van der Waals surface area contributed by atoms with E-state index in [0.29, 0.717) is 18.3 Å². The summed E-state index contributed by atoms with van der Waals surface area (Å²) in [6, 6.07) is 8.33. The molecule has 0 fully saturated rings. The second kappa shape index (κ2) is 6.65. The topological polar surface area (TPSA) is 29.1 Å². The first kappa shape index (κ1) is 14.0. The van der Waals surface area contributed by atoms with E-state index in [4.69, 9.17) is 11.6 Å². The highest BCUT2D eigenvalue weighted by molar-refractivity contribution is 6.19. The first-order chi connectivity index (χ1) is 8.04. The predicted octanol–water partition coefficient (Wildman–Crippen LogP) is 3.30. The molecular weight excluding hydrogens is 234 g/mol. The van der Waals surface area contributed by atoms with Crippen molar-refractivity contribution < 1.29 is 4.79 Å². The number of rotatable bonds is 5. The van der Waals surface area contributed by atoms with E-state index in [-0.39, 0.29) is 11.8 Å². The largest absolute Gasteiger partial charge is 0.352 e. The van der Waals surface area contributed by atoms with Crippen LogP contribution in [0.2, 0.25) is 0 Å². The van der Waals surface area contributed by atoms with E-state index in [1.165, 1.54) is 5.56 Å². The second-order valence-corrected chi connectivity index (χ2v) is 4.98. The standard InChI is InChI=1S/C14H20ClNO/c1-10(2)13-6-4-12(5-7-13)9-16-14(17)11(3)8-15/h4-7,10-11H,8-9H2,1-3H3,(H,16,17). The molecule has 0 spiro atoms. The normalized spacial score (nSPS) is 12.5. The summed E-state index contributed by atoms with van der Waals surface area (Å²) in [4.78, 5) is 11.5. The Bertz CT molecular complexity index is 359. The zero-order valence-electron chi connectivity index (χ0n) is 10.7. The van der Waals surface area contributed by atoms with Crippen molar-refractivity contribution in [1.29, 1.82) is 0 Å². The quantitative estimate of drug-likeness (QED) is 0.802. The first-order valence-electron chi connectivity index (χ1n) is 5.97. The Labute approximate surface area is 108 Å². The molecule has 0 radical (unpaired) electrons. The minimum Gasteiger partial charge on any atom is -0.352 e. The van der Waals surface area contributed by atoms with Gasteiger partial charge in [0.25, 0.3) is 0 Å². The van der Waals surface area contributed by atoms with Crippen molar-refractivity contribution in [2.24, 2.45) is 5.92 Å². The highest BCUT2D eigenvalue weighted by Crippen LogP contribution is 2.14. The van der Waals surface area contributed by atoms with Crippen molar-refractivity contribution >= 4 is 17.5 Å². The first-order valence-corrected chi connectivity index (χ1v) is 6.50. The lowest BCUT2D eigenvalue weighted by molar-refractivity contribution is -0.124. The molecule has 0 aliphatic carbocycles. The molecule has 0 bridgehead atoms. The minimum absolute atomic E-state index is 0.00735. The van der Waals surface area contributed by atoms with Crippen LogP contribution in [-0.2, 0) is 11.3 Å². The summed E-state index contributed by atoms with van der Waals surface area (Å²) in [7, 11) is 0. The lowest BCUT2D eigenvalue weighted by atomic mass is 10.0. The van der Waals surface area contributed by atoms with Gasteiger partial charge in [-0.05, 0) is 17.0 Å². The van der Waals surface area contributed by atoms with Crippen LogP contribution in [0, 0.1) is 5.92 Å². The van der Waals surface area contributed by atoms with Crippen molar-refractivity contribution in [1.82, 2.24) is 5.32 Å². The molecule has 1 aromatic rings. The summed E-state index contributed by atoms with van der Waals surface area (Å²) in [6.07, 6.45) is 0. The third-order valence-electron chi connectivity index (χ3n) is 2.79. The number of nitrogens with one attached hydrogen (secondary N) is 1. The van der Waals surface area contributed by atoms with Gasteiger partial charge in [-0.25, -0.2) is 0 Å². The van der Waals surface area contributed by atoms with E-state index < -0.39 is 0 Å². The second-order valence-electron chi connectivity index (χ2n) is 4.67. The third kappa shape index (κ3) is 4.39. The van der Waals surface area contributed by atoms with Crippen LogP contribution in [0.25, 0.3) is 0 Å². The number of hydrogen-bond acceptors (Lipinski definition) is 1. The molecule has 0 saturated heterocycles. The summed E-state index contributed by atoms with van der Waals surface area (Å²) in [5.41, 5.74) is 2.43. The van der Waals surface area contributed by atoms with Crippen LogP contribution >= 0.6 is 11.6 Å². The van der Waals surface area contributed by atoms with Gasteiger partial charge in [0.05, 0.1) is 0 Å². The lowest BCUT2D eigenvalue weighted by Crippen LogP contribution is -2.29. The van der Waals surface area contributed by atoms with Crippen molar-refractivity contribution in [3.05, 3.63) is 35.4 Å². The molecule has 1 N–H and O–H groups in total. The molecule has 0 aliphatic rings. The van der Waals surface area contributed by atoms with Crippen LogP contribution in [0.3, 0.4) is 0 Å². The number of carbonyl (C=O) groups excluding carboxylic acids is 1. The molecule has 1 unspecified atom stereocenters. The van der Waals surface area contributed by atoms with E-state index >= 15 is 0 Å². The molecule has 0 heterocycles. The SMILES string of the molecule is CC(CCl)C(=O)NCc1ccc(C(C)C)cc1. The van der Waals surface area contributed by atoms with Crippen LogP contribution < -0.4 is 5.32 Å². The molecule has 0 aliphatic heterocycles. The summed E-state index contributed by atoms with van der Waals surface area (Å²) in [5, 5.41) is 2.87. The molecule has 1 atom stereocenters. The maximum Gasteiger partial charge on any atom is 0.224 e. The smallest absolute Gasteiger partial charge is 0.224 e. The number of benzene rings is 1. The van der Waals surface area contributed by atoms with Gasteiger partial charge in [-0.15, -0.1) is 11.6 Å². The van der Waals surface area contributed by atoms with Gasteiger partial charge >= 0.3 is 0 Å². The van der Waals surface area contributed by atoms with Gasteiger partial charge in [0, 0.05) is 18.3 Å². The van der Waals surface area contributed by atoms with Crippen LogP contribution in [-0.4, -0.2) is 11.8 Å². The minimum atomic E-state index is -0.133. The number of alkyl halides is 1. The Hall–Kier alpha value is -1.02. The number of halogens is 1. The fourth-order valence-corrected chi connectivity index (χ4v) is 1.59. The summed E-state index contributed by atoms with van der Waals surface area (Å²) >= 11 is 5.62. The zero-order valence-corrected chi connectivity index (χ0v) is 11.4. The molecule has 1 amide bonds. The van der Waals surface area contributed by atoms with Gasteiger partial charge < -0.3 is 5.32 Å². The molecular formula is C14H20ClNO. The maximum absolute atomic E-state index is 11.5. The summed E-state index contributed by atoms with van der Waals surface area (Å²) in [5.74, 6) is 0.771. The van der Waals surface area contributed by atoms with Crippen LogP contribution in [0.5, 0.6) is 0 Å². The Kier molecular flexibility index (Phi) is 5.49. The molecule has 3 heteroatoms. The average molecular weight is 254 g/mol. The van der Waals surface area contributed by atoms with Crippen molar-refractivity contribution in [3.8, 4) is 0 Å². The fraction of sp³-hybridized carbons (Fsp3) is 0.500. The average Bonchev–Trinajstić information content (AvgIpc) is 2.35. The van der Waals surface area contributed by atoms with Crippen molar-refractivity contribution in [2.75, 3.05) is 5.88 Å². The molecule has 17 heavy (non-hydrogen) atoms. The molecule has 1 rings (SSSR count). The van der Waals surface area contributed by atoms with Gasteiger partial charge in [-0.2, -0.15) is 0 Å². The highest BCUT2D eigenvalue weighted by atomic mass is 35.5. The zero-order chi connectivity index (χ0) is 12.8. The van der Waals surface area contributed by atoms with Crippen LogP contribution in [0.4, 0.5) is 0 Å². The van der Waals surface area contributed by atoms with E-state index in [9.17, 15) is 4.79 Å². The lowest BCUT2D eigenvalue weighted by Gasteiger charge is -2.10. The van der Waals surface area contributed by atoms with E-state index in [0.717, 1.165) is 5.56 Å². The highest BCUT2D eigenvalue weighted by Gasteiger charge is 2.10. The van der Waals surface area contributed by atoms with Gasteiger partial charge in [-0.1, -0.05) is 45.0 Å². The number of hydrogen-bond donors (Lipinski definition) is 1. The van der Waals surface area contributed by atoms with Gasteiger partial charge in [-0.3, -0.25) is 4.79 Å². The van der Waals surface area contributed by atoms with E-state index in [1.54, 1.807) is 0 Å². The summed E-state index contributed by atoms with van der Waals surface area (Å²) in [6.45, 7) is 6.72. The van der Waals surface area contributed by atoms with Crippen LogP contribution in [0.15, 0.2) is 24.3 Å². The maximum atomic E-state index is 11.5. The number of carbonyl (C=O) groups is 1. The molecule has 0 saturated carbocycles. The van der Waals surface area contributed by atoms with Gasteiger partial charge in [0.15, 0.2) is 0 Å². The van der Waals surface area contributed by atoms with Gasteiger partial charge in [0.2, 0.25) is 5.91 Å². The fourth-order valence-electron chi connectivity index (χ4n) is 1.45. The van der Waals surface area contributed by atoms with Crippen molar-refractivity contribution in [2.45, 2.75) is 33.2 Å². The third-order valence-corrected chi connectivity index (χ3v) is 3.26. The Morgan fingerprint density at radius 1 is 1.24 bits per heavy atom. The molecule has 1 aromatic carbocycles. The Morgan fingerprint density at radius 3 is 2.29 bits per heavy atom. The Morgan fingerprint density at radius 2 is 1.82 bits per heavy atom. The van der Waals surface area contributed by atoms with Gasteiger partial charge in [0.1, 0.15) is 0 Å². The monoisotopic (exact) mass is 253 g/mol. The molecule has 2 nitrogen and oxygen atoms in total. The number of amides is 1.